The molecule has 7 heteroatoms. The fourth-order valence-corrected chi connectivity index (χ4v) is 5.83. The minimum Gasteiger partial charge on any atom is -0.496 e. The lowest BCUT2D eigenvalue weighted by atomic mass is 9.86. The van der Waals surface area contributed by atoms with Gasteiger partial charge in [-0.2, -0.15) is 0 Å². The van der Waals surface area contributed by atoms with Gasteiger partial charge in [-0.1, -0.05) is 36.4 Å². The largest absolute Gasteiger partial charge is 0.496 e. The van der Waals surface area contributed by atoms with Gasteiger partial charge in [-0.05, 0) is 45.7 Å². The van der Waals surface area contributed by atoms with Crippen LogP contribution >= 0.6 is 0 Å². The topological polar surface area (TPSA) is 62.3 Å². The summed E-state index contributed by atoms with van der Waals surface area (Å²) in [6, 6.07) is 15.7. The third kappa shape index (κ3) is 6.32. The van der Waals surface area contributed by atoms with E-state index in [2.05, 4.69) is 25.7 Å². The Labute approximate surface area is 227 Å². The summed E-state index contributed by atoms with van der Waals surface area (Å²) in [5.41, 5.74) is 2.06. The summed E-state index contributed by atoms with van der Waals surface area (Å²) in [7, 11) is 3.31. The normalized spacial score (nSPS) is 17.5. The van der Waals surface area contributed by atoms with Gasteiger partial charge in [0.1, 0.15) is 11.5 Å². The number of hydrogen-bond donors (Lipinski definition) is 0. The van der Waals surface area contributed by atoms with Gasteiger partial charge in [0.2, 0.25) is 11.8 Å². The van der Waals surface area contributed by atoms with Crippen molar-refractivity contribution in [1.29, 1.82) is 0 Å². The average molecular weight is 522 g/mol. The minimum absolute atomic E-state index is 0.000492. The number of amides is 2. The first-order valence-corrected chi connectivity index (χ1v) is 13.8. The van der Waals surface area contributed by atoms with E-state index in [0.29, 0.717) is 19.5 Å². The third-order valence-electron chi connectivity index (χ3n) is 8.14. The molecule has 0 radical (unpaired) electrons. The lowest BCUT2D eigenvalue weighted by Gasteiger charge is -2.43. The van der Waals surface area contributed by atoms with Crippen molar-refractivity contribution in [2.45, 2.75) is 51.5 Å². The Morgan fingerprint density at radius 1 is 0.789 bits per heavy atom. The molecule has 206 valence electrons. The van der Waals surface area contributed by atoms with E-state index < -0.39 is 0 Å². The number of benzene rings is 2. The molecule has 0 aliphatic carbocycles. The minimum atomic E-state index is -0.201. The van der Waals surface area contributed by atoms with E-state index in [1.54, 1.807) is 14.2 Å². The van der Waals surface area contributed by atoms with E-state index >= 15 is 0 Å². The number of para-hydroxylation sites is 2. The predicted octanol–water partition coefficient (Wildman–Crippen LogP) is 4.41. The molecule has 7 nitrogen and oxygen atoms in total. The average Bonchev–Trinajstić information content (AvgIpc) is 2.95. The molecule has 2 fully saturated rings. The van der Waals surface area contributed by atoms with Crippen LogP contribution in [-0.4, -0.2) is 85.5 Å². The number of hydrogen-bond acceptors (Lipinski definition) is 5. The standard InChI is InChI=1S/C31H43N3O4/c1-31(2,3)34-20-18-33(19-21-34)30(36)23-14-16-32(17-15-23)29(35)22-26(24-10-6-8-12-27(24)37-4)25-11-7-9-13-28(25)38-5/h6-13,23,26H,14-22H2,1-5H3. The molecule has 2 aliphatic rings. The number of piperidine rings is 1. The predicted molar refractivity (Wildman–Crippen MR) is 150 cm³/mol. The molecule has 0 aromatic heterocycles. The van der Waals surface area contributed by atoms with E-state index in [-0.39, 0.29) is 29.2 Å². The Hall–Kier alpha value is -3.06. The Kier molecular flexibility index (Phi) is 8.98. The molecule has 4 rings (SSSR count). The van der Waals surface area contributed by atoms with Crippen molar-refractivity contribution in [2.24, 2.45) is 5.92 Å². The van der Waals surface area contributed by atoms with Gasteiger partial charge in [0.05, 0.1) is 14.2 Å². The molecule has 0 saturated carbocycles. The molecule has 38 heavy (non-hydrogen) atoms. The summed E-state index contributed by atoms with van der Waals surface area (Å²) in [4.78, 5) is 33.3. The zero-order chi connectivity index (χ0) is 27.3. The number of carbonyl (C=O) groups excluding carboxylic acids is 2. The van der Waals surface area contributed by atoms with E-state index in [1.807, 2.05) is 58.3 Å². The number of likely N-dealkylation sites (tertiary alicyclic amines) is 1. The van der Waals surface area contributed by atoms with Crippen molar-refractivity contribution in [1.82, 2.24) is 14.7 Å². The van der Waals surface area contributed by atoms with Crippen LogP contribution in [-0.2, 0) is 9.59 Å². The highest BCUT2D eigenvalue weighted by Gasteiger charge is 2.34. The van der Waals surface area contributed by atoms with Crippen molar-refractivity contribution in [3.05, 3.63) is 59.7 Å². The van der Waals surface area contributed by atoms with Crippen LogP contribution < -0.4 is 9.47 Å². The molecule has 2 aromatic rings. The van der Waals surface area contributed by atoms with Crippen LogP contribution in [0.15, 0.2) is 48.5 Å². The van der Waals surface area contributed by atoms with E-state index in [9.17, 15) is 9.59 Å². The van der Waals surface area contributed by atoms with Gasteiger partial charge in [0.25, 0.3) is 0 Å². The molecule has 0 N–H and O–H groups in total. The van der Waals surface area contributed by atoms with E-state index in [0.717, 1.165) is 61.6 Å². The van der Waals surface area contributed by atoms with Crippen LogP contribution in [0.4, 0.5) is 0 Å². The summed E-state index contributed by atoms with van der Waals surface area (Å²) < 4.78 is 11.3. The van der Waals surface area contributed by atoms with Gasteiger partial charge in [-0.3, -0.25) is 14.5 Å². The molecule has 2 heterocycles. The molecule has 2 amide bonds. The van der Waals surface area contributed by atoms with Crippen LogP contribution in [0.1, 0.15) is 57.1 Å². The third-order valence-corrected chi connectivity index (χ3v) is 8.14. The number of nitrogens with zero attached hydrogens (tertiary/aromatic N) is 3. The van der Waals surface area contributed by atoms with Gasteiger partial charge in [-0.25, -0.2) is 0 Å². The van der Waals surface area contributed by atoms with Crippen molar-refractivity contribution in [3.8, 4) is 11.5 Å². The fraction of sp³-hybridized carbons (Fsp3) is 0.548. The maximum Gasteiger partial charge on any atom is 0.225 e. The van der Waals surface area contributed by atoms with Gasteiger partial charge >= 0.3 is 0 Å². The lowest BCUT2D eigenvalue weighted by molar-refractivity contribution is -0.142. The van der Waals surface area contributed by atoms with E-state index in [1.165, 1.54) is 0 Å². The SMILES string of the molecule is COc1ccccc1C(CC(=O)N1CCC(C(=O)N2CCN(C(C)(C)C)CC2)CC1)c1ccccc1OC. The summed E-state index contributed by atoms with van der Waals surface area (Å²) in [6.45, 7) is 11.3. The fourth-order valence-electron chi connectivity index (χ4n) is 5.83. The first kappa shape index (κ1) is 28.0. The second-order valence-corrected chi connectivity index (χ2v) is 11.4. The van der Waals surface area contributed by atoms with Crippen LogP contribution in [0.5, 0.6) is 11.5 Å². The number of ether oxygens (including phenoxy) is 2. The summed E-state index contributed by atoms with van der Waals surface area (Å²) in [6.07, 6.45) is 1.75. The molecule has 0 unspecified atom stereocenters. The Morgan fingerprint density at radius 2 is 1.29 bits per heavy atom. The number of methoxy groups -OCH3 is 2. The van der Waals surface area contributed by atoms with Gasteiger partial charge in [0, 0.05) is 74.2 Å². The van der Waals surface area contributed by atoms with Gasteiger partial charge < -0.3 is 19.3 Å². The molecule has 0 atom stereocenters. The smallest absolute Gasteiger partial charge is 0.225 e. The van der Waals surface area contributed by atoms with E-state index in [4.69, 9.17) is 9.47 Å². The quantitative estimate of drug-likeness (QED) is 0.540. The maximum atomic E-state index is 13.6. The summed E-state index contributed by atoms with van der Waals surface area (Å²) >= 11 is 0. The second-order valence-electron chi connectivity index (χ2n) is 11.4. The molecule has 2 saturated heterocycles. The van der Waals surface area contributed by atoms with Crippen LogP contribution in [0, 0.1) is 5.92 Å². The zero-order valence-corrected chi connectivity index (χ0v) is 23.6. The number of piperazine rings is 1. The lowest BCUT2D eigenvalue weighted by Crippen LogP contribution is -2.56. The zero-order valence-electron chi connectivity index (χ0n) is 23.6. The van der Waals surface area contributed by atoms with Crippen LogP contribution in [0.3, 0.4) is 0 Å². The van der Waals surface area contributed by atoms with Crippen molar-refractivity contribution in [2.75, 3.05) is 53.5 Å². The molecular weight excluding hydrogens is 478 g/mol. The highest BCUT2D eigenvalue weighted by molar-refractivity contribution is 5.81. The molecule has 2 aromatic carbocycles. The number of rotatable bonds is 7. The van der Waals surface area contributed by atoms with Crippen molar-refractivity contribution < 1.29 is 19.1 Å². The first-order chi connectivity index (χ1) is 18.2. The molecule has 2 aliphatic heterocycles. The monoisotopic (exact) mass is 521 g/mol. The van der Waals surface area contributed by atoms with Crippen LogP contribution in [0.2, 0.25) is 0 Å². The van der Waals surface area contributed by atoms with Gasteiger partial charge in [0.15, 0.2) is 0 Å². The molecule has 0 spiro atoms. The number of carbonyl (C=O) groups is 2. The molecular formula is C31H43N3O4. The van der Waals surface area contributed by atoms with Gasteiger partial charge in [-0.15, -0.1) is 0 Å². The highest BCUT2D eigenvalue weighted by atomic mass is 16.5. The summed E-state index contributed by atoms with van der Waals surface area (Å²) in [5, 5.41) is 0. The Balaban J connectivity index is 1.41. The Morgan fingerprint density at radius 3 is 1.76 bits per heavy atom. The first-order valence-electron chi connectivity index (χ1n) is 13.8. The highest BCUT2D eigenvalue weighted by Crippen LogP contribution is 2.39. The van der Waals surface area contributed by atoms with Crippen LogP contribution in [0.25, 0.3) is 0 Å². The Bertz CT molecular complexity index is 1050. The second kappa shape index (κ2) is 12.2. The van der Waals surface area contributed by atoms with Crippen molar-refractivity contribution >= 4 is 11.8 Å². The maximum absolute atomic E-state index is 13.6. The van der Waals surface area contributed by atoms with Crippen molar-refractivity contribution in [3.63, 3.8) is 0 Å². The molecule has 0 bridgehead atoms. The summed E-state index contributed by atoms with van der Waals surface area (Å²) in [5.74, 6) is 1.66.